The molecule has 0 fully saturated rings. The van der Waals surface area contributed by atoms with Gasteiger partial charge in [0.2, 0.25) is 7.37 Å². The van der Waals surface area contributed by atoms with Gasteiger partial charge in [-0.25, -0.2) is 0 Å². The van der Waals surface area contributed by atoms with E-state index in [4.69, 9.17) is 9.26 Å². The molecule has 1 unspecified atom stereocenters. The largest absolute Gasteiger partial charge is 0.496 e. The van der Waals surface area contributed by atoms with Gasteiger partial charge in [-0.1, -0.05) is 38.3 Å². The van der Waals surface area contributed by atoms with E-state index < -0.39 is 7.37 Å². The second-order valence-corrected chi connectivity index (χ2v) is 7.08. The predicted molar refractivity (Wildman–Crippen MR) is 80.9 cm³/mol. The van der Waals surface area contributed by atoms with Crippen molar-refractivity contribution in [3.8, 4) is 5.75 Å². The van der Waals surface area contributed by atoms with Gasteiger partial charge in [0.1, 0.15) is 5.75 Å². The fraction of sp³-hybridized carbons (Fsp3) is 0.600. The van der Waals surface area contributed by atoms with E-state index in [0.717, 1.165) is 18.1 Å². The molecule has 0 radical (unpaired) electrons. The summed E-state index contributed by atoms with van der Waals surface area (Å²) in [7, 11) is -1.19. The van der Waals surface area contributed by atoms with Crippen molar-refractivity contribution in [2.45, 2.75) is 39.5 Å². The summed E-state index contributed by atoms with van der Waals surface area (Å²) in [5.74, 6) is 0.662. The Morgan fingerprint density at radius 3 is 2.47 bits per heavy atom. The summed E-state index contributed by atoms with van der Waals surface area (Å²) in [5.41, 5.74) is 0. The third-order valence-electron chi connectivity index (χ3n) is 3.10. The van der Waals surface area contributed by atoms with Gasteiger partial charge in [-0.15, -0.1) is 0 Å². The van der Waals surface area contributed by atoms with Gasteiger partial charge >= 0.3 is 0 Å². The van der Waals surface area contributed by atoms with Crippen LogP contribution in [0.25, 0.3) is 0 Å². The SMILES string of the molecule is CCCCCCP(=O)(OCC)c1ccccc1OC. The number of ether oxygens (including phenoxy) is 1. The number of hydrogen-bond donors (Lipinski definition) is 0. The van der Waals surface area contributed by atoms with Crippen LogP contribution in [0.15, 0.2) is 24.3 Å². The van der Waals surface area contributed by atoms with Crippen molar-refractivity contribution >= 4 is 12.7 Å². The van der Waals surface area contributed by atoms with Crippen LogP contribution in [0.4, 0.5) is 0 Å². The number of para-hydroxylation sites is 1. The third kappa shape index (κ3) is 4.67. The van der Waals surface area contributed by atoms with E-state index in [9.17, 15) is 4.57 Å². The van der Waals surface area contributed by atoms with E-state index in [1.807, 2.05) is 31.2 Å². The Balaban J connectivity index is 2.88. The van der Waals surface area contributed by atoms with Crippen molar-refractivity contribution in [1.29, 1.82) is 0 Å². The molecular formula is C15H25O3P. The molecule has 3 nitrogen and oxygen atoms in total. The molecule has 1 atom stereocenters. The van der Waals surface area contributed by atoms with E-state index in [-0.39, 0.29) is 0 Å². The van der Waals surface area contributed by atoms with E-state index in [1.165, 1.54) is 12.8 Å². The Kier molecular flexibility index (Phi) is 7.19. The smallest absolute Gasteiger partial charge is 0.235 e. The van der Waals surface area contributed by atoms with Crippen molar-refractivity contribution in [3.63, 3.8) is 0 Å². The molecule has 19 heavy (non-hydrogen) atoms. The molecular weight excluding hydrogens is 259 g/mol. The molecule has 0 heterocycles. The molecule has 0 saturated carbocycles. The van der Waals surface area contributed by atoms with Crippen LogP contribution < -0.4 is 10.0 Å². The average molecular weight is 284 g/mol. The highest BCUT2D eigenvalue weighted by Crippen LogP contribution is 2.48. The van der Waals surface area contributed by atoms with Crippen LogP contribution >= 0.6 is 7.37 Å². The van der Waals surface area contributed by atoms with Crippen LogP contribution in [0.3, 0.4) is 0 Å². The van der Waals surface area contributed by atoms with Gasteiger partial charge in [0.15, 0.2) is 0 Å². The van der Waals surface area contributed by atoms with Crippen LogP contribution in [-0.4, -0.2) is 19.9 Å². The number of methoxy groups -OCH3 is 1. The van der Waals surface area contributed by atoms with E-state index in [0.29, 0.717) is 18.5 Å². The maximum Gasteiger partial charge on any atom is 0.235 e. The highest BCUT2D eigenvalue weighted by atomic mass is 31.2. The first kappa shape index (κ1) is 16.3. The molecule has 1 aromatic carbocycles. The predicted octanol–water partition coefficient (Wildman–Crippen LogP) is 4.22. The Morgan fingerprint density at radius 1 is 1.11 bits per heavy atom. The summed E-state index contributed by atoms with van der Waals surface area (Å²) in [6, 6.07) is 7.47. The summed E-state index contributed by atoms with van der Waals surface area (Å²) in [5, 5.41) is 0.718. The summed E-state index contributed by atoms with van der Waals surface area (Å²) in [6.45, 7) is 4.51. The van der Waals surface area contributed by atoms with Crippen molar-refractivity contribution < 1.29 is 13.8 Å². The minimum atomic E-state index is -2.79. The zero-order chi connectivity index (χ0) is 14.1. The van der Waals surface area contributed by atoms with E-state index in [2.05, 4.69) is 6.92 Å². The molecule has 108 valence electrons. The summed E-state index contributed by atoms with van der Waals surface area (Å²) in [6.07, 6.45) is 4.98. The lowest BCUT2D eigenvalue weighted by Crippen LogP contribution is -2.13. The number of hydrogen-bond acceptors (Lipinski definition) is 3. The topological polar surface area (TPSA) is 35.5 Å². The maximum atomic E-state index is 13.1. The van der Waals surface area contributed by atoms with Crippen molar-refractivity contribution in [3.05, 3.63) is 24.3 Å². The summed E-state index contributed by atoms with van der Waals surface area (Å²) >= 11 is 0. The standard InChI is InChI=1S/C15H25O3P/c1-4-6-7-10-13-19(16,18-5-2)15-12-9-8-11-14(15)17-3/h8-9,11-12H,4-7,10,13H2,1-3H3. The van der Waals surface area contributed by atoms with Crippen LogP contribution in [0, 0.1) is 0 Å². The van der Waals surface area contributed by atoms with Crippen molar-refractivity contribution in [2.24, 2.45) is 0 Å². The normalized spacial score (nSPS) is 14.1. The number of unbranched alkanes of at least 4 members (excludes halogenated alkanes) is 3. The lowest BCUT2D eigenvalue weighted by molar-refractivity contribution is 0.338. The zero-order valence-electron chi connectivity index (χ0n) is 12.2. The fourth-order valence-electron chi connectivity index (χ4n) is 2.12. The Morgan fingerprint density at radius 2 is 1.84 bits per heavy atom. The first-order chi connectivity index (χ1) is 9.18. The van der Waals surface area contributed by atoms with Gasteiger partial charge in [0.05, 0.1) is 19.0 Å². The minimum absolute atomic E-state index is 0.461. The minimum Gasteiger partial charge on any atom is -0.496 e. The second-order valence-electron chi connectivity index (χ2n) is 4.55. The van der Waals surface area contributed by atoms with E-state index in [1.54, 1.807) is 7.11 Å². The van der Waals surface area contributed by atoms with Crippen molar-refractivity contribution in [1.82, 2.24) is 0 Å². The molecule has 0 aliphatic rings. The average Bonchev–Trinajstić information content (AvgIpc) is 2.44. The van der Waals surface area contributed by atoms with Gasteiger partial charge in [0, 0.05) is 6.16 Å². The molecule has 0 spiro atoms. The Bertz CT molecular complexity index is 418. The molecule has 0 aliphatic carbocycles. The second kappa shape index (κ2) is 8.39. The fourth-order valence-corrected chi connectivity index (χ4v) is 4.50. The summed E-state index contributed by atoms with van der Waals surface area (Å²) < 4.78 is 24.0. The van der Waals surface area contributed by atoms with Gasteiger partial charge in [-0.05, 0) is 25.5 Å². The number of rotatable bonds is 9. The van der Waals surface area contributed by atoms with Gasteiger partial charge in [-0.3, -0.25) is 4.57 Å². The highest BCUT2D eigenvalue weighted by molar-refractivity contribution is 7.67. The van der Waals surface area contributed by atoms with Crippen molar-refractivity contribution in [2.75, 3.05) is 19.9 Å². The number of benzene rings is 1. The van der Waals surface area contributed by atoms with Gasteiger partial charge in [0.25, 0.3) is 0 Å². The van der Waals surface area contributed by atoms with E-state index >= 15 is 0 Å². The first-order valence-electron chi connectivity index (χ1n) is 7.05. The Hall–Kier alpha value is -0.790. The molecule has 0 bridgehead atoms. The van der Waals surface area contributed by atoms with Crippen LogP contribution in [0.1, 0.15) is 39.5 Å². The quantitative estimate of drug-likeness (QED) is 0.503. The zero-order valence-corrected chi connectivity index (χ0v) is 13.1. The monoisotopic (exact) mass is 284 g/mol. The lowest BCUT2D eigenvalue weighted by Gasteiger charge is -2.20. The van der Waals surface area contributed by atoms with Crippen LogP contribution in [-0.2, 0) is 9.09 Å². The molecule has 0 aliphatic heterocycles. The lowest BCUT2D eigenvalue weighted by atomic mass is 10.2. The molecule has 4 heteroatoms. The molecule has 0 saturated heterocycles. The highest BCUT2D eigenvalue weighted by Gasteiger charge is 2.28. The first-order valence-corrected chi connectivity index (χ1v) is 8.86. The molecule has 0 N–H and O–H groups in total. The third-order valence-corrected chi connectivity index (χ3v) is 5.78. The molecule has 1 aromatic rings. The van der Waals surface area contributed by atoms with Crippen LogP contribution in [0.5, 0.6) is 5.75 Å². The van der Waals surface area contributed by atoms with Gasteiger partial charge < -0.3 is 9.26 Å². The Labute approximate surface area is 116 Å². The molecule has 0 amide bonds. The summed E-state index contributed by atoms with van der Waals surface area (Å²) in [4.78, 5) is 0. The molecule has 1 rings (SSSR count). The van der Waals surface area contributed by atoms with Gasteiger partial charge in [-0.2, -0.15) is 0 Å². The van der Waals surface area contributed by atoms with Crippen LogP contribution in [0.2, 0.25) is 0 Å². The molecule has 0 aromatic heterocycles. The maximum absolute atomic E-state index is 13.1.